The van der Waals surface area contributed by atoms with E-state index in [9.17, 15) is 20.0 Å². The third kappa shape index (κ3) is 3.71. The standard InChI is InChI=1S/C14H17ClN2O4/c15-11-6-4-5-10(12(11)17(20)21)13(18)16-9-14(19)7-2-1-3-8-14/h4-6,19H,1-3,7-9H2,(H,16,18). The van der Waals surface area contributed by atoms with Crippen molar-refractivity contribution >= 4 is 23.2 Å². The molecule has 0 spiro atoms. The summed E-state index contributed by atoms with van der Waals surface area (Å²) in [5, 5.41) is 23.8. The number of hydrogen-bond acceptors (Lipinski definition) is 4. The maximum Gasteiger partial charge on any atom is 0.300 e. The average molecular weight is 313 g/mol. The van der Waals surface area contributed by atoms with Crippen LogP contribution in [0.15, 0.2) is 18.2 Å². The molecule has 0 aliphatic heterocycles. The Labute approximate surface area is 127 Å². The molecule has 1 aromatic carbocycles. The lowest BCUT2D eigenvalue weighted by Crippen LogP contribution is -2.44. The molecule has 1 fully saturated rings. The summed E-state index contributed by atoms with van der Waals surface area (Å²) in [4.78, 5) is 22.5. The second-order valence-electron chi connectivity index (χ2n) is 5.36. The lowest BCUT2D eigenvalue weighted by atomic mass is 9.85. The zero-order chi connectivity index (χ0) is 15.5. The quantitative estimate of drug-likeness (QED) is 0.660. The van der Waals surface area contributed by atoms with E-state index in [1.54, 1.807) is 0 Å². The van der Waals surface area contributed by atoms with Crippen molar-refractivity contribution in [3.05, 3.63) is 38.9 Å². The number of nitro groups is 1. The number of benzene rings is 1. The third-order valence-electron chi connectivity index (χ3n) is 3.78. The molecule has 0 bridgehead atoms. The van der Waals surface area contributed by atoms with Crippen LogP contribution < -0.4 is 5.32 Å². The van der Waals surface area contributed by atoms with Gasteiger partial charge in [-0.3, -0.25) is 14.9 Å². The molecular formula is C14H17ClN2O4. The van der Waals surface area contributed by atoms with Gasteiger partial charge in [-0.05, 0) is 25.0 Å². The molecule has 21 heavy (non-hydrogen) atoms. The molecule has 114 valence electrons. The SMILES string of the molecule is O=C(NCC1(O)CCCCC1)c1cccc(Cl)c1[N+](=O)[O-]. The molecule has 1 aliphatic rings. The Kier molecular flexibility index (Phi) is 4.80. The summed E-state index contributed by atoms with van der Waals surface area (Å²) in [6, 6.07) is 4.20. The highest BCUT2D eigenvalue weighted by Crippen LogP contribution is 2.29. The van der Waals surface area contributed by atoms with Crippen LogP contribution in [-0.4, -0.2) is 28.1 Å². The second kappa shape index (κ2) is 6.41. The number of carbonyl (C=O) groups is 1. The van der Waals surface area contributed by atoms with Crippen LogP contribution in [0, 0.1) is 10.1 Å². The minimum atomic E-state index is -0.915. The molecule has 1 aliphatic carbocycles. The molecule has 0 saturated heterocycles. The van der Waals surface area contributed by atoms with Gasteiger partial charge >= 0.3 is 5.69 Å². The van der Waals surface area contributed by atoms with E-state index in [0.29, 0.717) is 12.8 Å². The van der Waals surface area contributed by atoms with Gasteiger partial charge in [0, 0.05) is 6.54 Å². The number of nitro benzene ring substituents is 1. The van der Waals surface area contributed by atoms with Crippen molar-refractivity contribution in [2.24, 2.45) is 0 Å². The third-order valence-corrected chi connectivity index (χ3v) is 4.08. The minimum absolute atomic E-state index is 0.0796. The molecule has 0 atom stereocenters. The lowest BCUT2D eigenvalue weighted by molar-refractivity contribution is -0.385. The molecule has 2 N–H and O–H groups in total. The van der Waals surface area contributed by atoms with Crippen molar-refractivity contribution < 1.29 is 14.8 Å². The van der Waals surface area contributed by atoms with Gasteiger partial charge < -0.3 is 10.4 Å². The van der Waals surface area contributed by atoms with Crippen molar-refractivity contribution in [3.8, 4) is 0 Å². The Hall–Kier alpha value is -1.66. The summed E-state index contributed by atoms with van der Waals surface area (Å²) in [5.41, 5.74) is -1.42. The van der Waals surface area contributed by atoms with Crippen molar-refractivity contribution in [1.82, 2.24) is 5.32 Å². The molecule has 1 saturated carbocycles. The van der Waals surface area contributed by atoms with E-state index >= 15 is 0 Å². The van der Waals surface area contributed by atoms with Gasteiger partial charge in [-0.15, -0.1) is 0 Å². The molecular weight excluding hydrogens is 296 g/mol. The van der Waals surface area contributed by atoms with Crippen molar-refractivity contribution in [3.63, 3.8) is 0 Å². The van der Waals surface area contributed by atoms with Gasteiger partial charge in [0.2, 0.25) is 0 Å². The molecule has 0 aromatic heterocycles. The van der Waals surface area contributed by atoms with Crippen LogP contribution in [0.3, 0.4) is 0 Å². The number of halogens is 1. The first kappa shape index (κ1) is 15.7. The largest absolute Gasteiger partial charge is 0.388 e. The number of para-hydroxylation sites is 1. The van der Waals surface area contributed by atoms with Gasteiger partial charge in [-0.25, -0.2) is 0 Å². The van der Waals surface area contributed by atoms with Crippen LogP contribution in [-0.2, 0) is 0 Å². The Bertz CT molecular complexity index is 556. The number of rotatable bonds is 4. The zero-order valence-electron chi connectivity index (χ0n) is 11.5. The lowest BCUT2D eigenvalue weighted by Gasteiger charge is -2.32. The maximum atomic E-state index is 12.1. The fraction of sp³-hybridized carbons (Fsp3) is 0.500. The van der Waals surface area contributed by atoms with Gasteiger partial charge in [-0.2, -0.15) is 0 Å². The smallest absolute Gasteiger partial charge is 0.300 e. The zero-order valence-corrected chi connectivity index (χ0v) is 12.2. The van der Waals surface area contributed by atoms with E-state index in [1.807, 2.05) is 0 Å². The topological polar surface area (TPSA) is 92.5 Å². The van der Waals surface area contributed by atoms with Crippen molar-refractivity contribution in [2.45, 2.75) is 37.7 Å². The predicted octanol–water partition coefficient (Wildman–Crippen LogP) is 2.67. The van der Waals surface area contributed by atoms with E-state index in [4.69, 9.17) is 11.6 Å². The molecule has 1 aromatic rings. The molecule has 7 heteroatoms. The Balaban J connectivity index is 2.10. The number of aliphatic hydroxyl groups is 1. The van der Waals surface area contributed by atoms with Crippen LogP contribution in [0.1, 0.15) is 42.5 Å². The molecule has 0 radical (unpaired) electrons. The van der Waals surface area contributed by atoms with Gasteiger partial charge in [0.15, 0.2) is 0 Å². The number of hydrogen-bond donors (Lipinski definition) is 2. The molecule has 2 rings (SSSR count). The fourth-order valence-corrected chi connectivity index (χ4v) is 2.85. The number of nitrogens with zero attached hydrogens (tertiary/aromatic N) is 1. The highest BCUT2D eigenvalue weighted by atomic mass is 35.5. The van der Waals surface area contributed by atoms with Crippen molar-refractivity contribution in [1.29, 1.82) is 0 Å². The summed E-state index contributed by atoms with van der Waals surface area (Å²) < 4.78 is 0. The van der Waals surface area contributed by atoms with Gasteiger partial charge in [-0.1, -0.05) is 36.9 Å². The van der Waals surface area contributed by atoms with E-state index in [-0.39, 0.29) is 17.1 Å². The first-order chi connectivity index (χ1) is 9.93. The van der Waals surface area contributed by atoms with Crippen LogP contribution in [0.25, 0.3) is 0 Å². The van der Waals surface area contributed by atoms with Crippen LogP contribution >= 0.6 is 11.6 Å². The summed E-state index contributed by atoms with van der Waals surface area (Å²) in [5.74, 6) is -0.594. The second-order valence-corrected chi connectivity index (χ2v) is 5.77. The van der Waals surface area contributed by atoms with Crippen LogP contribution in [0.4, 0.5) is 5.69 Å². The maximum absolute atomic E-state index is 12.1. The number of nitrogens with one attached hydrogen (secondary N) is 1. The van der Waals surface area contributed by atoms with Crippen molar-refractivity contribution in [2.75, 3.05) is 6.54 Å². The summed E-state index contributed by atoms with van der Waals surface area (Å²) >= 11 is 5.77. The van der Waals surface area contributed by atoms with Crippen LogP contribution in [0.2, 0.25) is 5.02 Å². The van der Waals surface area contributed by atoms with E-state index in [0.717, 1.165) is 19.3 Å². The first-order valence-electron chi connectivity index (χ1n) is 6.86. The Morgan fingerprint density at radius 3 is 2.67 bits per heavy atom. The Morgan fingerprint density at radius 2 is 2.05 bits per heavy atom. The number of amides is 1. The van der Waals surface area contributed by atoms with Gasteiger partial charge in [0.25, 0.3) is 5.91 Å². The van der Waals surface area contributed by atoms with E-state index in [2.05, 4.69) is 5.32 Å². The predicted molar refractivity (Wildman–Crippen MR) is 78.5 cm³/mol. The first-order valence-corrected chi connectivity index (χ1v) is 7.24. The van der Waals surface area contributed by atoms with Gasteiger partial charge in [0.05, 0.1) is 10.5 Å². The van der Waals surface area contributed by atoms with Gasteiger partial charge in [0.1, 0.15) is 10.6 Å². The highest BCUT2D eigenvalue weighted by Gasteiger charge is 2.31. The summed E-state index contributed by atoms with van der Waals surface area (Å²) in [6.07, 6.45) is 4.18. The summed E-state index contributed by atoms with van der Waals surface area (Å²) in [6.45, 7) is 0.0928. The normalized spacial score (nSPS) is 17.2. The molecule has 0 unspecified atom stereocenters. The Morgan fingerprint density at radius 1 is 1.38 bits per heavy atom. The average Bonchev–Trinajstić information content (AvgIpc) is 2.45. The van der Waals surface area contributed by atoms with Crippen LogP contribution in [0.5, 0.6) is 0 Å². The molecule has 1 amide bonds. The fourth-order valence-electron chi connectivity index (χ4n) is 2.61. The minimum Gasteiger partial charge on any atom is -0.388 e. The molecule has 6 nitrogen and oxygen atoms in total. The number of carbonyl (C=O) groups excluding carboxylic acids is 1. The van der Waals surface area contributed by atoms with E-state index in [1.165, 1.54) is 18.2 Å². The van der Waals surface area contributed by atoms with E-state index < -0.39 is 22.1 Å². The summed E-state index contributed by atoms with van der Waals surface area (Å²) in [7, 11) is 0. The monoisotopic (exact) mass is 312 g/mol. The highest BCUT2D eigenvalue weighted by molar-refractivity contribution is 6.33. The molecule has 0 heterocycles.